The Balaban J connectivity index is 2.07. The second kappa shape index (κ2) is 8.01. The molecule has 7 nitrogen and oxygen atoms in total. The normalized spacial score (nSPS) is 15.5. The fourth-order valence-corrected chi connectivity index (χ4v) is 2.56. The number of hydrogen-bond acceptors (Lipinski definition) is 5. The highest BCUT2D eigenvalue weighted by molar-refractivity contribution is 5.92. The first-order valence-electron chi connectivity index (χ1n) is 8.45. The lowest BCUT2D eigenvalue weighted by atomic mass is 9.89. The number of amidine groups is 1. The molecule has 1 aliphatic rings. The van der Waals surface area contributed by atoms with E-state index in [1.807, 2.05) is 13.8 Å². The lowest BCUT2D eigenvalue weighted by molar-refractivity contribution is -0.153. The smallest absolute Gasteiger partial charge is 0.422 e. The van der Waals surface area contributed by atoms with Crippen LogP contribution in [0.15, 0.2) is 17.4 Å². The molecule has 1 fully saturated rings. The maximum atomic E-state index is 12.5. The summed E-state index contributed by atoms with van der Waals surface area (Å²) in [5.41, 5.74) is 5.55. The van der Waals surface area contributed by atoms with Gasteiger partial charge < -0.3 is 21.0 Å². The van der Waals surface area contributed by atoms with Crippen LogP contribution in [-0.4, -0.2) is 41.3 Å². The highest BCUT2D eigenvalue weighted by Gasteiger charge is 2.32. The van der Waals surface area contributed by atoms with E-state index < -0.39 is 24.1 Å². The number of halogens is 3. The Morgan fingerprint density at radius 2 is 2.11 bits per heavy atom. The molecule has 10 heteroatoms. The van der Waals surface area contributed by atoms with Crippen molar-refractivity contribution in [3.8, 4) is 5.75 Å². The number of pyridine rings is 1. The number of alkyl halides is 3. The predicted octanol–water partition coefficient (Wildman–Crippen LogP) is 2.79. The number of ether oxygens (including phenoxy) is 1. The van der Waals surface area contributed by atoms with Gasteiger partial charge in [0.05, 0.1) is 0 Å². The second-order valence-electron chi connectivity index (χ2n) is 7.40. The van der Waals surface area contributed by atoms with Gasteiger partial charge in [-0.15, -0.1) is 0 Å². The highest BCUT2D eigenvalue weighted by atomic mass is 19.4. The van der Waals surface area contributed by atoms with Crippen LogP contribution in [0.1, 0.15) is 55.1 Å². The molecule has 0 bridgehead atoms. The maximum absolute atomic E-state index is 12.5. The van der Waals surface area contributed by atoms with Crippen LogP contribution < -0.4 is 15.8 Å². The number of rotatable bonds is 8. The first-order valence-corrected chi connectivity index (χ1v) is 8.45. The van der Waals surface area contributed by atoms with Crippen molar-refractivity contribution < 1.29 is 27.9 Å². The van der Waals surface area contributed by atoms with E-state index in [9.17, 15) is 18.0 Å². The number of aromatic nitrogens is 1. The van der Waals surface area contributed by atoms with E-state index in [1.54, 1.807) is 0 Å². The molecule has 0 aromatic carbocycles. The molecule has 1 amide bonds. The molecule has 1 aromatic rings. The van der Waals surface area contributed by atoms with Gasteiger partial charge in [-0.25, -0.2) is 0 Å². The zero-order valence-electron chi connectivity index (χ0n) is 15.1. The van der Waals surface area contributed by atoms with Gasteiger partial charge >= 0.3 is 6.18 Å². The van der Waals surface area contributed by atoms with Gasteiger partial charge in [-0.3, -0.25) is 9.78 Å². The lowest BCUT2D eigenvalue weighted by Crippen LogP contribution is -2.37. The third kappa shape index (κ3) is 6.61. The van der Waals surface area contributed by atoms with Crippen molar-refractivity contribution in [3.05, 3.63) is 23.5 Å². The number of amides is 1. The average molecular weight is 388 g/mol. The van der Waals surface area contributed by atoms with Crippen molar-refractivity contribution in [2.24, 2.45) is 16.3 Å². The van der Waals surface area contributed by atoms with Gasteiger partial charge in [0.2, 0.25) is 0 Å². The van der Waals surface area contributed by atoms with Gasteiger partial charge in [0.15, 0.2) is 6.61 Å². The van der Waals surface area contributed by atoms with Crippen molar-refractivity contribution in [2.75, 3.05) is 13.2 Å². The Kier molecular flexibility index (Phi) is 6.17. The number of nitrogens with zero attached hydrogens (tertiary/aromatic N) is 2. The first-order chi connectivity index (χ1) is 12.5. The minimum atomic E-state index is -4.47. The van der Waals surface area contributed by atoms with E-state index in [4.69, 9.17) is 15.7 Å². The summed E-state index contributed by atoms with van der Waals surface area (Å²) in [4.78, 5) is 16.4. The maximum Gasteiger partial charge on any atom is 0.422 e. The molecule has 27 heavy (non-hydrogen) atoms. The number of hydrogen-bond donors (Lipinski definition) is 3. The standard InChI is InChI=1S/C17H23F3N4O3/c1-16(2,6-14(21)24-26)8-23-15(25)12-5-13(27-9-17(18,19)20)11(7-22-12)10-3-4-10/h5,7,10,26H,3-4,6,8-9H2,1-2H3,(H2,21,24)(H,23,25). The summed E-state index contributed by atoms with van der Waals surface area (Å²) < 4.78 is 42.3. The van der Waals surface area contributed by atoms with E-state index in [0.29, 0.717) is 5.56 Å². The summed E-state index contributed by atoms with van der Waals surface area (Å²) in [5, 5.41) is 14.2. The largest absolute Gasteiger partial charge is 0.484 e. The minimum Gasteiger partial charge on any atom is -0.484 e. The Morgan fingerprint density at radius 1 is 1.44 bits per heavy atom. The number of nitrogens with one attached hydrogen (secondary N) is 1. The zero-order valence-corrected chi connectivity index (χ0v) is 15.1. The summed E-state index contributed by atoms with van der Waals surface area (Å²) >= 11 is 0. The molecule has 0 atom stereocenters. The molecular formula is C17H23F3N4O3. The molecule has 0 radical (unpaired) electrons. The van der Waals surface area contributed by atoms with Gasteiger partial charge in [-0.1, -0.05) is 19.0 Å². The second-order valence-corrected chi connectivity index (χ2v) is 7.40. The van der Waals surface area contributed by atoms with E-state index in [1.165, 1.54) is 12.3 Å². The monoisotopic (exact) mass is 388 g/mol. The summed E-state index contributed by atoms with van der Waals surface area (Å²) in [7, 11) is 0. The molecule has 4 N–H and O–H groups in total. The molecule has 0 saturated heterocycles. The van der Waals surface area contributed by atoms with Crippen molar-refractivity contribution in [1.29, 1.82) is 0 Å². The summed E-state index contributed by atoms with van der Waals surface area (Å²) in [6, 6.07) is 1.24. The molecule has 1 aliphatic carbocycles. The van der Waals surface area contributed by atoms with Gasteiger partial charge in [0.25, 0.3) is 5.91 Å². The van der Waals surface area contributed by atoms with Crippen LogP contribution in [0.25, 0.3) is 0 Å². The number of nitrogens with two attached hydrogens (primary N) is 1. The SMILES string of the molecule is CC(C)(CNC(=O)c1cc(OCC(F)(F)F)c(C2CC2)cn1)C/C(N)=N/O. The van der Waals surface area contributed by atoms with Gasteiger partial charge in [-0.2, -0.15) is 13.2 Å². The van der Waals surface area contributed by atoms with Crippen LogP contribution >= 0.6 is 0 Å². The van der Waals surface area contributed by atoms with E-state index in [0.717, 1.165) is 12.8 Å². The molecule has 150 valence electrons. The van der Waals surface area contributed by atoms with Crippen molar-refractivity contribution in [2.45, 2.75) is 45.2 Å². The van der Waals surface area contributed by atoms with E-state index in [2.05, 4.69) is 15.5 Å². The Bertz CT molecular complexity index is 716. The molecule has 1 saturated carbocycles. The van der Waals surface area contributed by atoms with Crippen molar-refractivity contribution in [3.63, 3.8) is 0 Å². The van der Waals surface area contributed by atoms with Crippen molar-refractivity contribution in [1.82, 2.24) is 10.3 Å². The number of carbonyl (C=O) groups is 1. The number of oxime groups is 1. The Labute approximate surface area is 154 Å². The molecule has 0 unspecified atom stereocenters. The van der Waals surface area contributed by atoms with Gasteiger partial charge in [0.1, 0.15) is 17.3 Å². The average Bonchev–Trinajstić information content (AvgIpc) is 3.41. The topological polar surface area (TPSA) is 110 Å². The van der Waals surface area contributed by atoms with Crippen LogP contribution in [0.3, 0.4) is 0 Å². The summed E-state index contributed by atoms with van der Waals surface area (Å²) in [5.74, 6) is -0.353. The molecule has 1 aromatic heterocycles. The first kappa shape index (κ1) is 20.8. The van der Waals surface area contributed by atoms with Gasteiger partial charge in [0, 0.05) is 30.8 Å². The van der Waals surface area contributed by atoms with E-state index in [-0.39, 0.29) is 36.2 Å². The van der Waals surface area contributed by atoms with Crippen LogP contribution in [0, 0.1) is 5.41 Å². The fourth-order valence-electron chi connectivity index (χ4n) is 2.56. The number of carbonyl (C=O) groups excluding carboxylic acids is 1. The quantitative estimate of drug-likeness (QED) is 0.275. The molecule has 0 aliphatic heterocycles. The minimum absolute atomic E-state index is 0.0313. The van der Waals surface area contributed by atoms with Crippen LogP contribution in [0.5, 0.6) is 5.75 Å². The molecular weight excluding hydrogens is 365 g/mol. The lowest BCUT2D eigenvalue weighted by Gasteiger charge is -2.24. The fraction of sp³-hybridized carbons (Fsp3) is 0.588. The predicted molar refractivity (Wildman–Crippen MR) is 91.9 cm³/mol. The molecule has 0 spiro atoms. The third-order valence-corrected chi connectivity index (χ3v) is 4.05. The molecule has 2 rings (SSSR count). The zero-order chi connectivity index (χ0) is 20.2. The highest BCUT2D eigenvalue weighted by Crippen LogP contribution is 2.44. The van der Waals surface area contributed by atoms with Crippen LogP contribution in [0.4, 0.5) is 13.2 Å². The van der Waals surface area contributed by atoms with Gasteiger partial charge in [-0.05, 0) is 24.2 Å². The van der Waals surface area contributed by atoms with E-state index >= 15 is 0 Å². The Morgan fingerprint density at radius 3 is 2.67 bits per heavy atom. The summed E-state index contributed by atoms with van der Waals surface area (Å²) in [6.45, 7) is 2.40. The third-order valence-electron chi connectivity index (χ3n) is 4.05. The summed E-state index contributed by atoms with van der Waals surface area (Å²) in [6.07, 6.45) is -1.10. The van der Waals surface area contributed by atoms with Crippen molar-refractivity contribution >= 4 is 11.7 Å². The van der Waals surface area contributed by atoms with Crippen LogP contribution in [-0.2, 0) is 0 Å². The Hall–Kier alpha value is -2.52. The van der Waals surface area contributed by atoms with Crippen LogP contribution in [0.2, 0.25) is 0 Å². The molecule has 1 heterocycles.